The van der Waals surface area contributed by atoms with Gasteiger partial charge < -0.3 is 13.5 Å². The standard InChI is InChI=1S/C38H53O4P/c1-24-19-25(20-30(33(24)39)37(8,9)10)15-14-18-40-43-41-32-17-16-26(35(2,3)4)21-28(32)29-22-27(36(5,6)7)23-31(34(29)42-43)38(11,12)13/h16-17,19-23,39H,14-15,18H2,1-13H3. The van der Waals surface area contributed by atoms with E-state index in [9.17, 15) is 5.11 Å². The van der Waals surface area contributed by atoms with Gasteiger partial charge >= 0.3 is 8.24 Å². The first-order valence-corrected chi connectivity index (χ1v) is 16.7. The van der Waals surface area contributed by atoms with Gasteiger partial charge in [-0.3, -0.25) is 4.52 Å². The molecule has 1 atom stereocenters. The third kappa shape index (κ3) is 7.52. The number of hydrogen-bond acceptors (Lipinski definition) is 4. The van der Waals surface area contributed by atoms with Gasteiger partial charge in [0.1, 0.15) is 16.9 Å². The topological polar surface area (TPSA) is 55.7 Å². The smallest absolute Gasteiger partial charge is 0.387 e. The van der Waals surface area contributed by atoms with Gasteiger partial charge in [0.2, 0.25) is 0 Å². The number of phenols is 1. The fraction of sp³-hybridized carbons (Fsp3) is 0.526. The molecule has 0 saturated heterocycles. The highest BCUT2D eigenvalue weighted by Gasteiger charge is 2.26. The number of rotatable bonds is 5. The van der Waals surface area contributed by atoms with Crippen LogP contribution in [0.3, 0.4) is 0 Å². The molecular weight excluding hydrogens is 551 g/mol. The van der Waals surface area contributed by atoms with Crippen LogP contribution in [-0.2, 0) is 28.1 Å². The summed E-state index contributed by atoms with van der Waals surface area (Å²) < 4.78 is 19.7. The van der Waals surface area contributed by atoms with Gasteiger partial charge in [0, 0.05) is 16.3 Å². The molecule has 0 radical (unpaired) electrons. The molecule has 0 aliphatic carbocycles. The fourth-order valence-corrected chi connectivity index (χ4v) is 6.50. The van der Waals surface area contributed by atoms with Gasteiger partial charge in [-0.25, -0.2) is 0 Å². The summed E-state index contributed by atoms with van der Waals surface area (Å²) in [4.78, 5) is 0. The van der Waals surface area contributed by atoms with E-state index in [1.165, 1.54) is 16.7 Å². The van der Waals surface area contributed by atoms with Gasteiger partial charge in [-0.1, -0.05) is 107 Å². The number of aromatic hydroxyl groups is 1. The molecule has 5 heteroatoms. The zero-order valence-corrected chi connectivity index (χ0v) is 29.7. The van der Waals surface area contributed by atoms with Crippen LogP contribution < -0.4 is 4.52 Å². The fourth-order valence-electron chi connectivity index (χ4n) is 5.42. The van der Waals surface area contributed by atoms with E-state index in [0.717, 1.165) is 51.5 Å². The second-order valence-corrected chi connectivity index (χ2v) is 17.3. The zero-order valence-electron chi connectivity index (χ0n) is 28.8. The molecule has 0 amide bonds. The van der Waals surface area contributed by atoms with Crippen LogP contribution in [0.15, 0.2) is 50.9 Å². The molecule has 1 heterocycles. The van der Waals surface area contributed by atoms with E-state index in [1.807, 2.05) is 6.92 Å². The summed E-state index contributed by atoms with van der Waals surface area (Å²) in [5.74, 6) is 0.396. The summed E-state index contributed by atoms with van der Waals surface area (Å²) in [7, 11) is -1.67. The van der Waals surface area contributed by atoms with Crippen molar-refractivity contribution in [2.24, 2.45) is 0 Å². The summed E-state index contributed by atoms with van der Waals surface area (Å²) in [6, 6.07) is 15.3. The molecular formula is C38H53O4P. The monoisotopic (exact) mass is 604 g/mol. The Kier molecular flexibility index (Phi) is 9.02. The first kappa shape index (κ1) is 33.2. The second-order valence-electron chi connectivity index (χ2n) is 16.3. The van der Waals surface area contributed by atoms with Crippen LogP contribution in [0.1, 0.15) is 123 Å². The second kappa shape index (κ2) is 11.7. The maximum atomic E-state index is 10.6. The van der Waals surface area contributed by atoms with Crippen molar-refractivity contribution < 1.29 is 18.0 Å². The van der Waals surface area contributed by atoms with Crippen molar-refractivity contribution in [2.75, 3.05) is 6.61 Å². The molecule has 1 unspecified atom stereocenters. The predicted molar refractivity (Wildman–Crippen MR) is 184 cm³/mol. The summed E-state index contributed by atoms with van der Waals surface area (Å²) >= 11 is 0. The largest absolute Gasteiger partial charge is 0.507 e. The van der Waals surface area contributed by atoms with Crippen molar-refractivity contribution in [3.63, 3.8) is 0 Å². The molecule has 4 rings (SSSR count). The van der Waals surface area contributed by atoms with Crippen LogP contribution in [0.5, 0.6) is 5.75 Å². The van der Waals surface area contributed by atoms with Crippen molar-refractivity contribution in [1.29, 1.82) is 0 Å². The lowest BCUT2D eigenvalue weighted by Crippen LogP contribution is -2.16. The quantitative estimate of drug-likeness (QED) is 0.230. The summed E-state index contributed by atoms with van der Waals surface area (Å²) in [6.07, 6.45) is 1.66. The minimum Gasteiger partial charge on any atom is -0.507 e. The highest BCUT2D eigenvalue weighted by atomic mass is 31.1. The van der Waals surface area contributed by atoms with Crippen LogP contribution >= 0.6 is 8.24 Å². The summed E-state index contributed by atoms with van der Waals surface area (Å²) in [5.41, 5.74) is 8.16. The average Bonchev–Trinajstić information content (AvgIpc) is 3.01. The Bertz CT molecular complexity index is 1670. The minimum atomic E-state index is -1.67. The SMILES string of the molecule is Cc1cc(CCCOp2oc3ccc(C(C)(C)C)cc3c3cc(C(C)(C)C)cc(C(C)(C)C)c3o2)cc(C(C)(C)C)c1O. The lowest BCUT2D eigenvalue weighted by molar-refractivity contribution is 0.364. The first-order chi connectivity index (χ1) is 19.7. The van der Waals surface area contributed by atoms with Gasteiger partial charge in [-0.15, -0.1) is 0 Å². The van der Waals surface area contributed by atoms with Crippen LogP contribution in [0.2, 0.25) is 0 Å². The summed E-state index contributed by atoms with van der Waals surface area (Å²) in [5, 5.41) is 12.8. The third-order valence-electron chi connectivity index (χ3n) is 8.21. The number of fused-ring (bicyclic) bond motifs is 3. The predicted octanol–water partition coefficient (Wildman–Crippen LogP) is 11.6. The van der Waals surface area contributed by atoms with E-state index in [0.29, 0.717) is 12.4 Å². The molecule has 43 heavy (non-hydrogen) atoms. The van der Waals surface area contributed by atoms with E-state index in [1.54, 1.807) is 0 Å². The minimum absolute atomic E-state index is 0.00246. The van der Waals surface area contributed by atoms with Crippen molar-refractivity contribution in [3.05, 3.63) is 75.8 Å². The maximum Gasteiger partial charge on any atom is 0.387 e. The lowest BCUT2D eigenvalue weighted by Gasteiger charge is -2.26. The van der Waals surface area contributed by atoms with Gasteiger partial charge in [-0.2, -0.15) is 0 Å². The molecule has 0 aliphatic rings. The Hall–Kier alpha value is -2.68. The highest BCUT2D eigenvalue weighted by molar-refractivity contribution is 7.31. The molecule has 1 N–H and O–H groups in total. The van der Waals surface area contributed by atoms with Crippen molar-refractivity contribution >= 4 is 30.2 Å². The molecule has 0 aliphatic heterocycles. The van der Waals surface area contributed by atoms with Gasteiger partial charge in [0.05, 0.1) is 6.61 Å². The Morgan fingerprint density at radius 2 is 1.28 bits per heavy atom. The zero-order chi connectivity index (χ0) is 32.1. The Morgan fingerprint density at radius 1 is 0.674 bits per heavy atom. The Labute approximate surface area is 260 Å². The average molecular weight is 605 g/mol. The molecule has 0 saturated carbocycles. The van der Waals surface area contributed by atoms with Crippen LogP contribution in [0.4, 0.5) is 0 Å². The van der Waals surface area contributed by atoms with E-state index in [2.05, 4.69) is 126 Å². The van der Waals surface area contributed by atoms with Crippen molar-refractivity contribution in [2.45, 2.75) is 125 Å². The van der Waals surface area contributed by atoms with Crippen molar-refractivity contribution in [1.82, 2.24) is 0 Å². The number of aryl methyl sites for hydroxylation is 2. The summed E-state index contributed by atoms with van der Waals surface area (Å²) in [6.45, 7) is 29.1. The Balaban J connectivity index is 1.80. The van der Waals surface area contributed by atoms with E-state index >= 15 is 0 Å². The molecule has 0 bridgehead atoms. The number of hydrogen-bond donors (Lipinski definition) is 1. The molecule has 0 spiro atoms. The highest BCUT2D eigenvalue weighted by Crippen LogP contribution is 2.42. The van der Waals surface area contributed by atoms with Crippen LogP contribution in [-0.4, -0.2) is 11.7 Å². The van der Waals surface area contributed by atoms with E-state index in [4.69, 9.17) is 12.9 Å². The lowest BCUT2D eigenvalue weighted by atomic mass is 9.79. The van der Waals surface area contributed by atoms with Crippen LogP contribution in [0.25, 0.3) is 21.9 Å². The van der Waals surface area contributed by atoms with E-state index in [-0.39, 0.29) is 21.7 Å². The van der Waals surface area contributed by atoms with E-state index < -0.39 is 8.24 Å². The third-order valence-corrected chi connectivity index (χ3v) is 9.28. The van der Waals surface area contributed by atoms with Crippen LogP contribution in [0, 0.1) is 6.92 Å². The molecule has 234 valence electrons. The number of benzene rings is 3. The first-order valence-electron chi connectivity index (χ1n) is 15.6. The maximum absolute atomic E-state index is 10.6. The molecule has 4 aromatic rings. The van der Waals surface area contributed by atoms with Gasteiger partial charge in [0.25, 0.3) is 0 Å². The van der Waals surface area contributed by atoms with Gasteiger partial charge in [0.15, 0.2) is 0 Å². The molecule has 0 fully saturated rings. The number of phenolic OH excluding ortho intramolecular Hbond substituents is 1. The molecule has 4 nitrogen and oxygen atoms in total. The molecule has 1 aromatic heterocycles. The van der Waals surface area contributed by atoms with Gasteiger partial charge in [-0.05, 0) is 87.4 Å². The van der Waals surface area contributed by atoms with Crippen molar-refractivity contribution in [3.8, 4) is 5.75 Å². The molecule has 3 aromatic carbocycles. The normalized spacial score (nSPS) is 13.7. The Morgan fingerprint density at radius 3 is 1.86 bits per heavy atom.